The molecule has 0 unspecified atom stereocenters. The predicted molar refractivity (Wildman–Crippen MR) is 115 cm³/mol. The Kier molecular flexibility index (Phi) is 6.97. The molecule has 0 radical (unpaired) electrons. The number of aryl methyl sites for hydroxylation is 2. The monoisotopic (exact) mass is 398 g/mol. The highest BCUT2D eigenvalue weighted by atomic mass is 32.2. The molecule has 0 aliphatic carbocycles. The van der Waals surface area contributed by atoms with Crippen LogP contribution in [0.3, 0.4) is 0 Å². The molecule has 2 aromatic rings. The van der Waals surface area contributed by atoms with Crippen LogP contribution >= 0.6 is 11.9 Å². The Morgan fingerprint density at radius 3 is 2.25 bits per heavy atom. The fourth-order valence-electron chi connectivity index (χ4n) is 3.50. The molecule has 2 aliphatic rings. The van der Waals surface area contributed by atoms with E-state index in [0.717, 1.165) is 49.4 Å². The van der Waals surface area contributed by atoms with Crippen molar-refractivity contribution in [3.63, 3.8) is 0 Å². The fraction of sp³-hybridized carbons (Fsp3) is 0.455. The molecule has 1 amide bonds. The van der Waals surface area contributed by atoms with Gasteiger partial charge in [0.15, 0.2) is 0 Å². The van der Waals surface area contributed by atoms with Crippen molar-refractivity contribution < 1.29 is 4.79 Å². The van der Waals surface area contributed by atoms with Crippen molar-refractivity contribution in [2.24, 2.45) is 13.0 Å². The van der Waals surface area contributed by atoms with Crippen LogP contribution in [0.2, 0.25) is 0 Å². The smallest absolute Gasteiger partial charge is 0.210 e. The molecule has 0 atom stereocenters. The summed E-state index contributed by atoms with van der Waals surface area (Å²) in [5, 5.41) is 1.04. The van der Waals surface area contributed by atoms with E-state index in [0.29, 0.717) is 0 Å². The van der Waals surface area contributed by atoms with E-state index in [9.17, 15) is 4.79 Å². The first-order valence-electron chi connectivity index (χ1n) is 9.80. The first kappa shape index (κ1) is 20.7. The third-order valence-electron chi connectivity index (χ3n) is 4.97. The summed E-state index contributed by atoms with van der Waals surface area (Å²) in [6.07, 6.45) is 4.19. The Balaban J connectivity index is 0.000000192. The summed E-state index contributed by atoms with van der Waals surface area (Å²) in [5.74, 6) is 1.80. The van der Waals surface area contributed by atoms with Gasteiger partial charge in [0.05, 0.1) is 0 Å². The molecule has 6 heteroatoms. The summed E-state index contributed by atoms with van der Waals surface area (Å²) in [5.41, 5.74) is 4.25. The highest BCUT2D eigenvalue weighted by Gasteiger charge is 2.30. The van der Waals surface area contributed by atoms with Crippen LogP contribution in [0.25, 0.3) is 0 Å². The van der Waals surface area contributed by atoms with Gasteiger partial charge in [-0.2, -0.15) is 0 Å². The average Bonchev–Trinajstić information content (AvgIpc) is 3.29. The van der Waals surface area contributed by atoms with E-state index in [2.05, 4.69) is 59.7 Å². The lowest BCUT2D eigenvalue weighted by Gasteiger charge is -2.18. The lowest BCUT2D eigenvalue weighted by Crippen LogP contribution is -2.25. The topological polar surface area (TPSA) is 41.4 Å². The average molecular weight is 399 g/mol. The quantitative estimate of drug-likeness (QED) is 0.437. The van der Waals surface area contributed by atoms with Crippen LogP contribution in [0.1, 0.15) is 25.2 Å². The second kappa shape index (κ2) is 9.43. The molecule has 2 aliphatic heterocycles. The van der Waals surface area contributed by atoms with Crippen molar-refractivity contribution >= 4 is 18.4 Å². The maximum Gasteiger partial charge on any atom is 0.210 e. The Hall–Kier alpha value is -2.05. The zero-order chi connectivity index (χ0) is 20.1. The second-order valence-corrected chi connectivity index (χ2v) is 9.04. The van der Waals surface area contributed by atoms with E-state index in [1.807, 2.05) is 23.4 Å². The normalized spacial score (nSPS) is 16.4. The van der Waals surface area contributed by atoms with Crippen LogP contribution in [0.15, 0.2) is 52.7 Å². The van der Waals surface area contributed by atoms with Gasteiger partial charge in [-0.1, -0.05) is 44.2 Å². The highest BCUT2D eigenvalue weighted by Crippen LogP contribution is 2.32. The number of hydrogen-bond donors (Lipinski definition) is 0. The number of benzene rings is 1. The molecule has 4 rings (SSSR count). The van der Waals surface area contributed by atoms with E-state index >= 15 is 0 Å². The molecular weight excluding hydrogens is 368 g/mol. The standard InChI is InChI=1S/C12H16N4OS.C10H14/c1-9-13-12(7-14(9)2)18-16-5-10-3-15(8-17)4-11(10)6-16;1-9(2)8-10-6-4-3-5-7-10/h7-8H,3-6H2,1-2H3;3-7,9H,8H2,1-2H3. The maximum absolute atomic E-state index is 10.7. The molecular formula is C22H30N4OS. The van der Waals surface area contributed by atoms with Gasteiger partial charge in [-0.15, -0.1) is 0 Å². The Labute approximate surface area is 172 Å². The number of nitrogens with zero attached hydrogens (tertiary/aromatic N) is 4. The summed E-state index contributed by atoms with van der Waals surface area (Å²) < 4.78 is 4.35. The Morgan fingerprint density at radius 1 is 1.11 bits per heavy atom. The Bertz CT molecular complexity index is 791. The molecule has 1 aromatic carbocycles. The number of carbonyl (C=O) groups is 1. The van der Waals surface area contributed by atoms with E-state index in [1.54, 1.807) is 11.9 Å². The molecule has 0 saturated carbocycles. The number of carbonyl (C=O) groups excluding carboxylic acids is 1. The number of hydrogen-bond acceptors (Lipinski definition) is 4. The van der Waals surface area contributed by atoms with Gasteiger partial charge in [0.25, 0.3) is 0 Å². The third-order valence-corrected chi connectivity index (χ3v) is 5.87. The zero-order valence-corrected chi connectivity index (χ0v) is 18.1. The van der Waals surface area contributed by atoms with Crippen LogP contribution in [-0.2, 0) is 18.3 Å². The minimum Gasteiger partial charge on any atom is -0.337 e. The third kappa shape index (κ3) is 5.49. The first-order valence-corrected chi connectivity index (χ1v) is 10.6. The minimum absolute atomic E-state index is 0.766. The highest BCUT2D eigenvalue weighted by molar-refractivity contribution is 7.97. The largest absolute Gasteiger partial charge is 0.337 e. The van der Waals surface area contributed by atoms with E-state index < -0.39 is 0 Å². The fourth-order valence-corrected chi connectivity index (χ4v) is 4.59. The lowest BCUT2D eigenvalue weighted by atomic mass is 10.0. The maximum atomic E-state index is 10.7. The van der Waals surface area contributed by atoms with Crippen molar-refractivity contribution in [3.05, 3.63) is 59.1 Å². The lowest BCUT2D eigenvalue weighted by molar-refractivity contribution is -0.117. The minimum atomic E-state index is 0.766. The molecule has 5 nitrogen and oxygen atoms in total. The number of imidazole rings is 1. The van der Waals surface area contributed by atoms with Gasteiger partial charge in [-0.05, 0) is 47.9 Å². The number of aromatic nitrogens is 2. The van der Waals surface area contributed by atoms with Crippen LogP contribution in [-0.4, -0.2) is 51.3 Å². The molecule has 28 heavy (non-hydrogen) atoms. The second-order valence-electron chi connectivity index (χ2n) is 7.93. The SMILES string of the molecule is CC(C)Cc1ccccc1.Cc1nc(SN2CC3=C(CN(C=O)C3)C2)cn1C. The summed E-state index contributed by atoms with van der Waals surface area (Å²) in [6, 6.07) is 10.6. The molecule has 1 aromatic heterocycles. The number of amides is 1. The predicted octanol–water partition coefficient (Wildman–Crippen LogP) is 3.70. The summed E-state index contributed by atoms with van der Waals surface area (Å²) >= 11 is 1.70. The van der Waals surface area contributed by atoms with Crippen molar-refractivity contribution in [1.82, 2.24) is 18.8 Å². The van der Waals surface area contributed by atoms with Gasteiger partial charge >= 0.3 is 0 Å². The molecule has 3 heterocycles. The van der Waals surface area contributed by atoms with E-state index in [4.69, 9.17) is 0 Å². The summed E-state index contributed by atoms with van der Waals surface area (Å²) in [7, 11) is 2.01. The number of rotatable bonds is 5. The molecule has 0 bridgehead atoms. The van der Waals surface area contributed by atoms with Crippen LogP contribution in [0.5, 0.6) is 0 Å². The molecule has 150 valence electrons. The van der Waals surface area contributed by atoms with Gasteiger partial charge < -0.3 is 9.47 Å². The van der Waals surface area contributed by atoms with Crippen molar-refractivity contribution in [2.45, 2.75) is 32.2 Å². The van der Waals surface area contributed by atoms with Gasteiger partial charge in [0, 0.05) is 39.4 Å². The van der Waals surface area contributed by atoms with Gasteiger partial charge in [0.2, 0.25) is 6.41 Å². The van der Waals surface area contributed by atoms with Crippen molar-refractivity contribution in [2.75, 3.05) is 26.2 Å². The molecule has 0 fully saturated rings. The summed E-state index contributed by atoms with van der Waals surface area (Å²) in [6.45, 7) is 9.99. The van der Waals surface area contributed by atoms with Crippen LogP contribution in [0, 0.1) is 12.8 Å². The van der Waals surface area contributed by atoms with Gasteiger partial charge in [0.1, 0.15) is 10.9 Å². The van der Waals surface area contributed by atoms with E-state index in [-0.39, 0.29) is 0 Å². The van der Waals surface area contributed by atoms with Crippen molar-refractivity contribution in [3.8, 4) is 0 Å². The van der Waals surface area contributed by atoms with E-state index in [1.165, 1.54) is 23.1 Å². The molecule has 0 N–H and O–H groups in total. The summed E-state index contributed by atoms with van der Waals surface area (Å²) in [4.78, 5) is 17.0. The van der Waals surface area contributed by atoms with Crippen LogP contribution < -0.4 is 0 Å². The van der Waals surface area contributed by atoms with Gasteiger partial charge in [-0.25, -0.2) is 9.29 Å². The Morgan fingerprint density at radius 2 is 1.75 bits per heavy atom. The van der Waals surface area contributed by atoms with Crippen LogP contribution in [0.4, 0.5) is 0 Å². The first-order chi connectivity index (χ1) is 13.4. The molecule has 0 saturated heterocycles. The van der Waals surface area contributed by atoms with Gasteiger partial charge in [-0.3, -0.25) is 4.79 Å². The molecule has 0 spiro atoms. The zero-order valence-electron chi connectivity index (χ0n) is 17.3. The van der Waals surface area contributed by atoms with Crippen molar-refractivity contribution in [1.29, 1.82) is 0 Å².